The molecule has 0 spiro atoms. The third-order valence-electron chi connectivity index (χ3n) is 5.56. The maximum absolute atomic E-state index is 12.7. The lowest BCUT2D eigenvalue weighted by atomic mass is 9.79. The Balaban J connectivity index is 1.88. The van der Waals surface area contributed by atoms with Crippen molar-refractivity contribution in [2.45, 2.75) is 36.8 Å². The van der Waals surface area contributed by atoms with Gasteiger partial charge < -0.3 is 44.5 Å². The van der Waals surface area contributed by atoms with E-state index in [1.165, 1.54) is 50.6 Å². The van der Waals surface area contributed by atoms with Crippen LogP contribution in [-0.2, 0) is 14.3 Å². The second-order valence-electron chi connectivity index (χ2n) is 7.90. The number of benzene rings is 2. The van der Waals surface area contributed by atoms with Crippen LogP contribution >= 0.6 is 0 Å². The lowest BCUT2D eigenvalue weighted by Crippen LogP contribution is -2.58. The molecule has 0 saturated heterocycles. The third kappa shape index (κ3) is 5.39. The van der Waals surface area contributed by atoms with Crippen molar-refractivity contribution in [2.24, 2.45) is 0 Å². The van der Waals surface area contributed by atoms with E-state index in [1.807, 2.05) is 0 Å². The molecule has 1 aliphatic carbocycles. The van der Waals surface area contributed by atoms with E-state index < -0.39 is 54.7 Å². The minimum absolute atomic E-state index is 0.0202. The summed E-state index contributed by atoms with van der Waals surface area (Å²) in [7, 11) is 2.54. The molecule has 1 saturated carbocycles. The molecule has 35 heavy (non-hydrogen) atoms. The van der Waals surface area contributed by atoms with Gasteiger partial charge in [0.25, 0.3) is 0 Å². The molecule has 0 bridgehead atoms. The van der Waals surface area contributed by atoms with Crippen molar-refractivity contribution < 1.29 is 58.9 Å². The molecule has 0 unspecified atom stereocenters. The molecule has 12 heteroatoms. The van der Waals surface area contributed by atoms with E-state index in [9.17, 15) is 39.9 Å². The number of esters is 2. The first kappa shape index (κ1) is 25.6. The summed E-state index contributed by atoms with van der Waals surface area (Å²) in [4.78, 5) is 37.1. The van der Waals surface area contributed by atoms with E-state index >= 15 is 0 Å². The van der Waals surface area contributed by atoms with E-state index in [1.54, 1.807) is 0 Å². The maximum Gasteiger partial charge on any atom is 0.338 e. The summed E-state index contributed by atoms with van der Waals surface area (Å²) >= 11 is 0. The van der Waals surface area contributed by atoms with Crippen molar-refractivity contribution >= 4 is 17.9 Å². The standard InChI is InChI=1S/C23H24O12/c1-32-16-7-11(3-5-13(16)24)20(27)34-18-10-23(31,22(29)30)9-15(26)19(18)35-21(28)12-4-6-14(25)17(8-12)33-2/h3-8,15,18-19,24-26,31H,9-10H2,1-2H3,(H,29,30)/t15-,18+,19-,23+/m1/s1. The summed E-state index contributed by atoms with van der Waals surface area (Å²) in [6.07, 6.45) is -6.18. The minimum atomic E-state index is -2.46. The van der Waals surface area contributed by atoms with Crippen LogP contribution in [0.3, 0.4) is 0 Å². The van der Waals surface area contributed by atoms with Crippen molar-refractivity contribution in [2.75, 3.05) is 14.2 Å². The number of aromatic hydroxyl groups is 2. The van der Waals surface area contributed by atoms with Crippen LogP contribution in [0.15, 0.2) is 36.4 Å². The van der Waals surface area contributed by atoms with Crippen molar-refractivity contribution in [3.63, 3.8) is 0 Å². The number of aliphatic hydroxyl groups excluding tert-OH is 1. The second kappa shape index (κ2) is 10.1. The molecule has 0 aromatic heterocycles. The van der Waals surface area contributed by atoms with Crippen LogP contribution in [0, 0.1) is 0 Å². The number of methoxy groups -OCH3 is 2. The SMILES string of the molecule is COc1cc(C(=O)O[C@@H]2[C@H](O)C[C@@](O)(C(=O)O)C[C@@H]2OC(=O)c2ccc(O)c(OC)c2)ccc1O. The van der Waals surface area contributed by atoms with Gasteiger partial charge in [0.1, 0.15) is 6.10 Å². The predicted octanol–water partition coefficient (Wildman–Crippen LogP) is 0.836. The number of phenols is 2. The molecule has 0 amide bonds. The van der Waals surface area contributed by atoms with Crippen LogP contribution in [0.1, 0.15) is 33.6 Å². The normalized spacial score (nSPS) is 23.7. The molecule has 2 aromatic carbocycles. The summed E-state index contributed by atoms with van der Waals surface area (Å²) in [6.45, 7) is 0. The molecule has 2 aromatic rings. The number of phenolic OH excluding ortho intramolecular Hbond substituents is 2. The lowest BCUT2D eigenvalue weighted by molar-refractivity contribution is -0.187. The smallest absolute Gasteiger partial charge is 0.338 e. The molecule has 3 rings (SSSR count). The monoisotopic (exact) mass is 492 g/mol. The summed E-state index contributed by atoms with van der Waals surface area (Å²) in [5.74, 6) is -4.18. The van der Waals surface area contributed by atoms with Gasteiger partial charge in [0.05, 0.1) is 31.5 Å². The summed E-state index contributed by atoms with van der Waals surface area (Å²) in [5.41, 5.74) is -2.62. The van der Waals surface area contributed by atoms with Crippen LogP contribution in [0.25, 0.3) is 0 Å². The van der Waals surface area contributed by atoms with E-state index in [4.69, 9.17) is 18.9 Å². The summed E-state index contributed by atoms with van der Waals surface area (Å²) < 4.78 is 20.6. The Morgan fingerprint density at radius 2 is 1.34 bits per heavy atom. The van der Waals surface area contributed by atoms with Gasteiger partial charge in [0, 0.05) is 12.8 Å². The first-order valence-corrected chi connectivity index (χ1v) is 10.3. The fourth-order valence-electron chi connectivity index (χ4n) is 3.69. The number of carboxylic acids is 1. The third-order valence-corrected chi connectivity index (χ3v) is 5.56. The average Bonchev–Trinajstić information content (AvgIpc) is 2.81. The van der Waals surface area contributed by atoms with Crippen LogP contribution in [-0.4, -0.2) is 81.6 Å². The molecule has 4 atom stereocenters. The van der Waals surface area contributed by atoms with Gasteiger partial charge in [-0.3, -0.25) is 0 Å². The predicted molar refractivity (Wildman–Crippen MR) is 116 cm³/mol. The van der Waals surface area contributed by atoms with Gasteiger partial charge in [-0.1, -0.05) is 0 Å². The Morgan fingerprint density at radius 3 is 1.80 bits per heavy atom. The summed E-state index contributed by atoms with van der Waals surface area (Å²) in [6, 6.07) is 7.16. The number of aliphatic hydroxyl groups is 2. The van der Waals surface area contributed by atoms with Crippen LogP contribution in [0.5, 0.6) is 23.0 Å². The zero-order valence-electron chi connectivity index (χ0n) is 18.7. The van der Waals surface area contributed by atoms with E-state index in [0.29, 0.717) is 0 Å². The first-order chi connectivity index (χ1) is 16.5. The quantitative estimate of drug-likeness (QED) is 0.343. The Morgan fingerprint density at radius 1 is 0.857 bits per heavy atom. The topological polar surface area (TPSA) is 189 Å². The fraction of sp³-hybridized carbons (Fsp3) is 0.348. The Labute approximate surface area is 198 Å². The molecule has 5 N–H and O–H groups in total. The van der Waals surface area contributed by atoms with Crippen LogP contribution in [0.2, 0.25) is 0 Å². The fourth-order valence-corrected chi connectivity index (χ4v) is 3.69. The highest BCUT2D eigenvalue weighted by atomic mass is 16.6. The highest BCUT2D eigenvalue weighted by Gasteiger charge is 2.52. The van der Waals surface area contributed by atoms with Crippen LogP contribution < -0.4 is 9.47 Å². The molecule has 12 nitrogen and oxygen atoms in total. The first-order valence-electron chi connectivity index (χ1n) is 10.3. The van der Waals surface area contributed by atoms with Crippen LogP contribution in [0.4, 0.5) is 0 Å². The number of aliphatic carboxylic acids is 1. The van der Waals surface area contributed by atoms with Gasteiger partial charge in [-0.2, -0.15) is 0 Å². The Hall–Kier alpha value is -4.03. The second-order valence-corrected chi connectivity index (χ2v) is 7.90. The van der Waals surface area contributed by atoms with Gasteiger partial charge in [-0.25, -0.2) is 14.4 Å². The molecular formula is C23H24O12. The Bertz CT molecular complexity index is 1130. The number of hydrogen-bond donors (Lipinski definition) is 5. The number of rotatable bonds is 7. The van der Waals surface area contributed by atoms with Gasteiger partial charge in [0.15, 0.2) is 34.7 Å². The van der Waals surface area contributed by atoms with E-state index in [-0.39, 0.29) is 34.1 Å². The maximum atomic E-state index is 12.7. The number of ether oxygens (including phenoxy) is 4. The van der Waals surface area contributed by atoms with E-state index in [0.717, 1.165) is 0 Å². The average molecular weight is 492 g/mol. The highest BCUT2D eigenvalue weighted by Crippen LogP contribution is 2.35. The largest absolute Gasteiger partial charge is 0.504 e. The van der Waals surface area contributed by atoms with E-state index in [2.05, 4.69) is 0 Å². The van der Waals surface area contributed by atoms with Gasteiger partial charge in [0.2, 0.25) is 0 Å². The molecule has 1 aliphatic rings. The number of carboxylic acid groups (broad SMARTS) is 1. The molecule has 0 aliphatic heterocycles. The summed E-state index contributed by atoms with van der Waals surface area (Å²) in [5, 5.41) is 49.9. The van der Waals surface area contributed by atoms with Crippen molar-refractivity contribution in [1.29, 1.82) is 0 Å². The molecule has 0 radical (unpaired) electrons. The zero-order valence-corrected chi connectivity index (χ0v) is 18.7. The molecule has 1 fully saturated rings. The minimum Gasteiger partial charge on any atom is -0.504 e. The number of carbonyl (C=O) groups is 3. The Kier molecular flexibility index (Phi) is 7.37. The van der Waals surface area contributed by atoms with Crippen molar-refractivity contribution in [1.82, 2.24) is 0 Å². The lowest BCUT2D eigenvalue weighted by Gasteiger charge is -2.40. The molecule has 188 valence electrons. The zero-order chi connectivity index (χ0) is 25.9. The highest BCUT2D eigenvalue weighted by molar-refractivity contribution is 5.91. The number of hydrogen-bond acceptors (Lipinski definition) is 11. The number of carbonyl (C=O) groups excluding carboxylic acids is 2. The van der Waals surface area contributed by atoms with Gasteiger partial charge in [-0.15, -0.1) is 0 Å². The van der Waals surface area contributed by atoms with Gasteiger partial charge >= 0.3 is 17.9 Å². The van der Waals surface area contributed by atoms with Crippen molar-refractivity contribution in [3.8, 4) is 23.0 Å². The van der Waals surface area contributed by atoms with Crippen molar-refractivity contribution in [3.05, 3.63) is 47.5 Å². The molecule has 0 heterocycles. The van der Waals surface area contributed by atoms with Gasteiger partial charge in [-0.05, 0) is 36.4 Å². The molecular weight excluding hydrogens is 468 g/mol.